The van der Waals surface area contributed by atoms with Crippen LogP contribution in [-0.4, -0.2) is 84.0 Å². The van der Waals surface area contributed by atoms with Crippen molar-refractivity contribution < 1.29 is 38.2 Å². The number of nitrogens with zero attached hydrogens (tertiary/aromatic N) is 2. The van der Waals surface area contributed by atoms with Gasteiger partial charge in [0.1, 0.15) is 25.3 Å². The minimum Gasteiger partial charge on any atom is -0.461 e. The number of hydrogen-bond donors (Lipinski definition) is 2. The van der Waals surface area contributed by atoms with Crippen LogP contribution in [0.1, 0.15) is 89.9 Å². The van der Waals surface area contributed by atoms with Crippen LogP contribution in [0.5, 0.6) is 0 Å². The number of nitrogens with one attached hydrogen (secondary N) is 2. The molecule has 2 saturated heterocycles. The molecule has 0 aliphatic carbocycles. The van der Waals surface area contributed by atoms with Crippen LogP contribution in [0.25, 0.3) is 0 Å². The highest BCUT2D eigenvalue weighted by Gasteiger charge is 2.38. The summed E-state index contributed by atoms with van der Waals surface area (Å²) in [6.07, 6.45) is 13.3. The third-order valence-electron chi connectivity index (χ3n) is 7.23. The van der Waals surface area contributed by atoms with Crippen LogP contribution < -0.4 is 10.6 Å². The van der Waals surface area contributed by atoms with Crippen molar-refractivity contribution in [2.45, 2.75) is 102 Å². The van der Waals surface area contributed by atoms with Gasteiger partial charge in [0, 0.05) is 25.9 Å². The molecule has 0 radical (unpaired) electrons. The number of urea groups is 2. The van der Waals surface area contributed by atoms with Crippen LogP contribution >= 0.6 is 0 Å². The third-order valence-corrected chi connectivity index (χ3v) is 7.23. The summed E-state index contributed by atoms with van der Waals surface area (Å²) in [4.78, 5) is 74.9. The van der Waals surface area contributed by atoms with Gasteiger partial charge in [0.05, 0.1) is 0 Å². The predicted molar refractivity (Wildman–Crippen MR) is 155 cm³/mol. The highest BCUT2D eigenvalue weighted by molar-refractivity contribution is 6.04. The number of rotatable bonds is 23. The second-order valence-electron chi connectivity index (χ2n) is 10.5. The van der Waals surface area contributed by atoms with Crippen molar-refractivity contribution in [2.75, 3.05) is 26.3 Å². The Morgan fingerprint density at radius 1 is 0.619 bits per heavy atom. The maximum Gasteiger partial charge on any atom is 0.324 e. The van der Waals surface area contributed by atoms with Crippen molar-refractivity contribution in [1.29, 1.82) is 0 Å². The van der Waals surface area contributed by atoms with E-state index in [2.05, 4.69) is 23.8 Å². The molecule has 12 nitrogen and oxygen atoms in total. The van der Waals surface area contributed by atoms with Crippen molar-refractivity contribution in [1.82, 2.24) is 20.4 Å². The average Bonchev–Trinajstić information content (AvgIpc) is 3.40. The topological polar surface area (TPSA) is 151 Å². The molecule has 0 bridgehead atoms. The Morgan fingerprint density at radius 3 is 1.29 bits per heavy atom. The van der Waals surface area contributed by atoms with Crippen molar-refractivity contribution in [3.8, 4) is 0 Å². The summed E-state index contributed by atoms with van der Waals surface area (Å²) in [6, 6.07) is -2.16. The second kappa shape index (κ2) is 19.4. The minimum absolute atomic E-state index is 0.0613. The number of unbranched alkanes of at least 4 members (excludes halogenated alkanes) is 9. The first-order chi connectivity index (χ1) is 20.3. The lowest BCUT2D eigenvalue weighted by Crippen LogP contribution is -2.32. The van der Waals surface area contributed by atoms with Gasteiger partial charge in [-0.1, -0.05) is 76.7 Å². The minimum atomic E-state index is -0.677. The molecule has 2 atom stereocenters. The molecule has 0 spiro atoms. The van der Waals surface area contributed by atoms with Crippen molar-refractivity contribution in [3.05, 3.63) is 25.3 Å². The monoisotopic (exact) mass is 590 g/mol. The molecule has 2 rings (SSSR count). The zero-order valence-electron chi connectivity index (χ0n) is 24.6. The van der Waals surface area contributed by atoms with Gasteiger partial charge in [-0.25, -0.2) is 9.59 Å². The van der Waals surface area contributed by atoms with Crippen LogP contribution in [0.3, 0.4) is 0 Å². The molecule has 12 heteroatoms. The Bertz CT molecular complexity index is 893. The van der Waals surface area contributed by atoms with Gasteiger partial charge >= 0.3 is 24.0 Å². The van der Waals surface area contributed by atoms with E-state index in [4.69, 9.17) is 9.47 Å². The normalized spacial score (nSPS) is 18.2. The van der Waals surface area contributed by atoms with Crippen molar-refractivity contribution >= 4 is 35.8 Å². The molecule has 42 heavy (non-hydrogen) atoms. The van der Waals surface area contributed by atoms with Gasteiger partial charge in [0.2, 0.25) is 0 Å². The lowest BCUT2D eigenvalue weighted by atomic mass is 10.1. The fourth-order valence-electron chi connectivity index (χ4n) is 4.90. The highest BCUT2D eigenvalue weighted by atomic mass is 16.5. The molecule has 2 aliphatic heterocycles. The lowest BCUT2D eigenvalue weighted by Gasteiger charge is -2.13. The first-order valence-corrected chi connectivity index (χ1v) is 15.0. The number of imide groups is 2. The molecule has 2 fully saturated rings. The third kappa shape index (κ3) is 12.0. The molecule has 0 aromatic rings. The zero-order chi connectivity index (χ0) is 30.7. The lowest BCUT2D eigenvalue weighted by molar-refractivity contribution is -0.143. The van der Waals surface area contributed by atoms with Crippen LogP contribution in [0, 0.1) is 0 Å². The van der Waals surface area contributed by atoms with E-state index in [0.717, 1.165) is 64.2 Å². The number of hydrogen-bond acceptors (Lipinski definition) is 8. The van der Waals surface area contributed by atoms with Gasteiger partial charge in [0.15, 0.2) is 0 Å². The molecule has 0 aromatic heterocycles. The number of carbonyl (C=O) groups excluding carboxylic acids is 6. The largest absolute Gasteiger partial charge is 0.461 e. The van der Waals surface area contributed by atoms with Gasteiger partial charge in [-0.05, 0) is 25.7 Å². The summed E-state index contributed by atoms with van der Waals surface area (Å²) in [5.74, 6) is -1.41. The van der Waals surface area contributed by atoms with Gasteiger partial charge < -0.3 is 20.1 Å². The van der Waals surface area contributed by atoms with Gasteiger partial charge in [0.25, 0.3) is 11.8 Å². The van der Waals surface area contributed by atoms with Crippen LogP contribution in [0.15, 0.2) is 25.3 Å². The zero-order valence-corrected chi connectivity index (χ0v) is 24.6. The maximum atomic E-state index is 12.5. The summed E-state index contributed by atoms with van der Waals surface area (Å²) in [5, 5.41) is 5.29. The van der Waals surface area contributed by atoms with Crippen LogP contribution in [-0.2, 0) is 28.7 Å². The predicted octanol–water partition coefficient (Wildman–Crippen LogP) is 3.75. The molecular weight excluding hydrogens is 544 g/mol. The standard InChI is InChI=1S/C30H46N4O8/c1-3-21-41-25(35)17-15-23-27(37)33(29(39)31-23)19-13-11-9-7-5-6-8-10-12-14-20-34-28(38)24(32-30(34)40)16-18-26(36)42-22-4-2/h3-4,23-24H,1-2,5-22H2,(H,31,39)(H,32,40). The first-order valence-electron chi connectivity index (χ1n) is 15.0. The molecule has 0 aromatic carbocycles. The molecular formula is C30H46N4O8. The number of amides is 6. The van der Waals surface area contributed by atoms with E-state index >= 15 is 0 Å². The SMILES string of the molecule is C=CCOC(=O)CCC1NC(=O)N(CCCCCCCCCCCCN2C(=O)NC(CCC(=O)OCC=C)C2=O)C1=O. The Kier molecular flexibility index (Phi) is 16.0. The number of esters is 2. The summed E-state index contributed by atoms with van der Waals surface area (Å²) in [5.41, 5.74) is 0. The molecule has 2 heterocycles. The van der Waals surface area contributed by atoms with Crippen molar-refractivity contribution in [3.63, 3.8) is 0 Å². The van der Waals surface area contributed by atoms with Gasteiger partial charge in [-0.15, -0.1) is 0 Å². The number of ether oxygens (including phenoxy) is 2. The summed E-state index contributed by atoms with van der Waals surface area (Å²) >= 11 is 0. The number of carbonyl (C=O) groups is 6. The van der Waals surface area contributed by atoms with E-state index in [0.29, 0.717) is 13.1 Å². The fourth-order valence-corrected chi connectivity index (χ4v) is 4.90. The quantitative estimate of drug-likeness (QED) is 0.0790. The van der Waals surface area contributed by atoms with Gasteiger partial charge in [-0.3, -0.25) is 29.0 Å². The van der Waals surface area contributed by atoms with E-state index in [1.54, 1.807) is 0 Å². The molecule has 6 amide bonds. The average molecular weight is 591 g/mol. The highest BCUT2D eigenvalue weighted by Crippen LogP contribution is 2.16. The Morgan fingerprint density at radius 2 is 0.952 bits per heavy atom. The molecule has 2 unspecified atom stereocenters. The van der Waals surface area contributed by atoms with Crippen LogP contribution in [0.4, 0.5) is 9.59 Å². The Balaban J connectivity index is 1.45. The summed E-state index contributed by atoms with van der Waals surface area (Å²) in [6.45, 7) is 7.96. The Hall–Kier alpha value is -3.70. The fraction of sp³-hybridized carbons (Fsp3) is 0.667. The van der Waals surface area contributed by atoms with Crippen molar-refractivity contribution in [2.24, 2.45) is 0 Å². The first kappa shape index (κ1) is 34.5. The molecule has 2 aliphatic rings. The molecule has 0 saturated carbocycles. The molecule has 234 valence electrons. The molecule has 2 N–H and O–H groups in total. The summed E-state index contributed by atoms with van der Waals surface area (Å²) < 4.78 is 9.80. The second-order valence-corrected chi connectivity index (χ2v) is 10.5. The van der Waals surface area contributed by atoms with Crippen LogP contribution in [0.2, 0.25) is 0 Å². The smallest absolute Gasteiger partial charge is 0.324 e. The van der Waals surface area contributed by atoms with E-state index < -0.39 is 36.1 Å². The van der Waals surface area contributed by atoms with E-state index in [1.807, 2.05) is 0 Å². The van der Waals surface area contributed by atoms with E-state index in [1.165, 1.54) is 22.0 Å². The van der Waals surface area contributed by atoms with E-state index in [-0.39, 0.29) is 50.7 Å². The van der Waals surface area contributed by atoms with Gasteiger partial charge in [-0.2, -0.15) is 0 Å². The Labute approximate surface area is 248 Å². The summed E-state index contributed by atoms with van der Waals surface area (Å²) in [7, 11) is 0. The maximum absolute atomic E-state index is 12.5. The van der Waals surface area contributed by atoms with E-state index in [9.17, 15) is 28.8 Å².